The SMILES string of the molecule is O[C@@H]1CCCC[C@@]1(O)c1ccc(F)cc1. The minimum Gasteiger partial charge on any atom is -0.390 e. The second kappa shape index (κ2) is 3.91. The summed E-state index contributed by atoms with van der Waals surface area (Å²) in [5.74, 6) is -0.326. The lowest BCUT2D eigenvalue weighted by molar-refractivity contribution is -0.106. The summed E-state index contributed by atoms with van der Waals surface area (Å²) in [7, 11) is 0. The third kappa shape index (κ3) is 1.90. The first-order valence-corrected chi connectivity index (χ1v) is 5.29. The molecule has 2 rings (SSSR count). The van der Waals surface area contributed by atoms with Gasteiger partial charge in [0.2, 0.25) is 0 Å². The second-order valence-corrected chi connectivity index (χ2v) is 4.19. The van der Waals surface area contributed by atoms with E-state index in [4.69, 9.17) is 0 Å². The molecule has 0 aromatic heterocycles. The normalized spacial score (nSPS) is 31.5. The molecule has 0 spiro atoms. The molecule has 0 heterocycles. The molecule has 1 aliphatic rings. The average Bonchev–Trinajstić information content (AvgIpc) is 2.23. The van der Waals surface area contributed by atoms with Crippen LogP contribution in [0.4, 0.5) is 4.39 Å². The zero-order chi connectivity index (χ0) is 10.9. The van der Waals surface area contributed by atoms with E-state index < -0.39 is 11.7 Å². The molecule has 0 bridgehead atoms. The first-order chi connectivity index (χ1) is 7.13. The van der Waals surface area contributed by atoms with Crippen LogP contribution < -0.4 is 0 Å². The van der Waals surface area contributed by atoms with Gasteiger partial charge in [-0.3, -0.25) is 0 Å². The summed E-state index contributed by atoms with van der Waals surface area (Å²) in [4.78, 5) is 0. The molecule has 82 valence electrons. The van der Waals surface area contributed by atoms with Gasteiger partial charge < -0.3 is 10.2 Å². The molecule has 1 aromatic rings. The maximum Gasteiger partial charge on any atom is 0.123 e. The quantitative estimate of drug-likeness (QED) is 0.743. The molecule has 0 amide bonds. The number of halogens is 1. The largest absolute Gasteiger partial charge is 0.390 e. The number of benzene rings is 1. The first kappa shape index (κ1) is 10.6. The van der Waals surface area contributed by atoms with Gasteiger partial charge in [0.15, 0.2) is 0 Å². The summed E-state index contributed by atoms with van der Waals surface area (Å²) in [5.41, 5.74) is -0.581. The van der Waals surface area contributed by atoms with Gasteiger partial charge in [0.25, 0.3) is 0 Å². The molecule has 15 heavy (non-hydrogen) atoms. The van der Waals surface area contributed by atoms with Gasteiger partial charge in [-0.2, -0.15) is 0 Å². The average molecular weight is 210 g/mol. The van der Waals surface area contributed by atoms with Crippen molar-refractivity contribution >= 4 is 0 Å². The van der Waals surface area contributed by atoms with Crippen LogP contribution in [0.25, 0.3) is 0 Å². The molecule has 3 heteroatoms. The van der Waals surface area contributed by atoms with E-state index >= 15 is 0 Å². The summed E-state index contributed by atoms with van der Waals surface area (Å²) in [5, 5.41) is 20.1. The lowest BCUT2D eigenvalue weighted by Gasteiger charge is -2.37. The van der Waals surface area contributed by atoms with Crippen LogP contribution >= 0.6 is 0 Å². The van der Waals surface area contributed by atoms with Crippen LogP contribution in [-0.2, 0) is 5.60 Å². The van der Waals surface area contributed by atoms with Gasteiger partial charge in [0.1, 0.15) is 11.4 Å². The van der Waals surface area contributed by atoms with Gasteiger partial charge in [0, 0.05) is 0 Å². The fraction of sp³-hybridized carbons (Fsp3) is 0.500. The summed E-state index contributed by atoms with van der Waals surface area (Å²) >= 11 is 0. The fourth-order valence-electron chi connectivity index (χ4n) is 2.21. The van der Waals surface area contributed by atoms with Gasteiger partial charge in [-0.05, 0) is 30.5 Å². The van der Waals surface area contributed by atoms with E-state index in [1.807, 2.05) is 0 Å². The maximum absolute atomic E-state index is 12.7. The van der Waals surface area contributed by atoms with Gasteiger partial charge >= 0.3 is 0 Å². The van der Waals surface area contributed by atoms with Crippen LogP contribution in [0.2, 0.25) is 0 Å². The van der Waals surface area contributed by atoms with Crippen molar-refractivity contribution in [3.8, 4) is 0 Å². The van der Waals surface area contributed by atoms with Crippen molar-refractivity contribution in [3.05, 3.63) is 35.6 Å². The smallest absolute Gasteiger partial charge is 0.123 e. The lowest BCUT2D eigenvalue weighted by atomic mass is 9.77. The van der Waals surface area contributed by atoms with Crippen LogP contribution in [0.15, 0.2) is 24.3 Å². The molecular formula is C12H15FO2. The number of rotatable bonds is 1. The standard InChI is InChI=1S/C12H15FO2/c13-10-6-4-9(5-7-10)12(15)8-2-1-3-11(12)14/h4-7,11,14-15H,1-3,8H2/t11-,12-/m1/s1. The van der Waals surface area contributed by atoms with Crippen LogP contribution in [-0.4, -0.2) is 16.3 Å². The van der Waals surface area contributed by atoms with E-state index in [0.29, 0.717) is 18.4 Å². The highest BCUT2D eigenvalue weighted by Gasteiger charge is 2.39. The van der Waals surface area contributed by atoms with Crippen molar-refractivity contribution in [1.29, 1.82) is 0 Å². The van der Waals surface area contributed by atoms with Crippen LogP contribution in [0, 0.1) is 5.82 Å². The monoisotopic (exact) mass is 210 g/mol. The van der Waals surface area contributed by atoms with Crippen LogP contribution in [0.5, 0.6) is 0 Å². The van der Waals surface area contributed by atoms with E-state index in [1.165, 1.54) is 12.1 Å². The highest BCUT2D eigenvalue weighted by Crippen LogP contribution is 2.37. The Bertz CT molecular complexity index is 336. The van der Waals surface area contributed by atoms with Gasteiger partial charge in [0.05, 0.1) is 6.10 Å². The molecule has 1 saturated carbocycles. The second-order valence-electron chi connectivity index (χ2n) is 4.19. The van der Waals surface area contributed by atoms with E-state index in [2.05, 4.69) is 0 Å². The Kier molecular flexibility index (Phi) is 2.76. The molecule has 0 radical (unpaired) electrons. The number of hydrogen-bond acceptors (Lipinski definition) is 2. The van der Waals surface area contributed by atoms with E-state index in [1.54, 1.807) is 12.1 Å². The van der Waals surface area contributed by atoms with Crippen molar-refractivity contribution in [3.63, 3.8) is 0 Å². The fourth-order valence-corrected chi connectivity index (χ4v) is 2.21. The third-order valence-corrected chi connectivity index (χ3v) is 3.18. The van der Waals surface area contributed by atoms with Crippen molar-refractivity contribution in [2.24, 2.45) is 0 Å². The van der Waals surface area contributed by atoms with Crippen LogP contribution in [0.1, 0.15) is 31.2 Å². The van der Waals surface area contributed by atoms with Crippen molar-refractivity contribution in [2.45, 2.75) is 37.4 Å². The molecule has 1 aliphatic carbocycles. The molecule has 2 atom stereocenters. The van der Waals surface area contributed by atoms with Crippen LogP contribution in [0.3, 0.4) is 0 Å². The Labute approximate surface area is 88.4 Å². The molecule has 2 nitrogen and oxygen atoms in total. The molecule has 0 saturated heterocycles. The molecule has 2 N–H and O–H groups in total. The summed E-state index contributed by atoms with van der Waals surface area (Å²) < 4.78 is 12.7. The highest BCUT2D eigenvalue weighted by molar-refractivity contribution is 5.25. The molecule has 1 fully saturated rings. The Morgan fingerprint density at radius 3 is 2.47 bits per heavy atom. The Morgan fingerprint density at radius 2 is 1.87 bits per heavy atom. The molecular weight excluding hydrogens is 195 g/mol. The van der Waals surface area contributed by atoms with Crippen molar-refractivity contribution in [1.82, 2.24) is 0 Å². The molecule has 0 aliphatic heterocycles. The summed E-state index contributed by atoms with van der Waals surface area (Å²) in [6.07, 6.45) is 2.24. The first-order valence-electron chi connectivity index (χ1n) is 5.29. The topological polar surface area (TPSA) is 40.5 Å². The zero-order valence-electron chi connectivity index (χ0n) is 8.49. The van der Waals surface area contributed by atoms with Gasteiger partial charge in [-0.25, -0.2) is 4.39 Å². The Morgan fingerprint density at radius 1 is 1.20 bits per heavy atom. The van der Waals surface area contributed by atoms with E-state index in [0.717, 1.165) is 12.8 Å². The van der Waals surface area contributed by atoms with Crippen molar-refractivity contribution < 1.29 is 14.6 Å². The minimum absolute atomic E-state index is 0.326. The molecule has 0 unspecified atom stereocenters. The third-order valence-electron chi connectivity index (χ3n) is 3.18. The highest BCUT2D eigenvalue weighted by atomic mass is 19.1. The summed E-state index contributed by atoms with van der Waals surface area (Å²) in [6, 6.07) is 5.72. The zero-order valence-corrected chi connectivity index (χ0v) is 8.49. The summed E-state index contributed by atoms with van der Waals surface area (Å²) in [6.45, 7) is 0. The van der Waals surface area contributed by atoms with Gasteiger partial charge in [-0.15, -0.1) is 0 Å². The van der Waals surface area contributed by atoms with E-state index in [-0.39, 0.29) is 5.82 Å². The van der Waals surface area contributed by atoms with E-state index in [9.17, 15) is 14.6 Å². The maximum atomic E-state index is 12.7. The number of aliphatic hydroxyl groups excluding tert-OH is 1. The molecule has 1 aromatic carbocycles. The predicted octanol–water partition coefficient (Wildman–Crippen LogP) is 1.95. The van der Waals surface area contributed by atoms with Gasteiger partial charge in [-0.1, -0.05) is 25.0 Å². The Hall–Kier alpha value is -0.930. The number of aliphatic hydroxyl groups is 2. The predicted molar refractivity (Wildman–Crippen MR) is 54.8 cm³/mol. The minimum atomic E-state index is -1.19. The van der Waals surface area contributed by atoms with Crippen molar-refractivity contribution in [2.75, 3.05) is 0 Å². The number of hydrogen-bond donors (Lipinski definition) is 2. The Balaban J connectivity index is 2.30. The lowest BCUT2D eigenvalue weighted by Crippen LogP contribution is -2.42.